The predicted octanol–water partition coefficient (Wildman–Crippen LogP) is 3.57. The maximum Gasteiger partial charge on any atom is 0.276 e. The van der Waals surface area contributed by atoms with Crippen molar-refractivity contribution in [2.45, 2.75) is 26.4 Å². The molecule has 1 heterocycles. The zero-order valence-corrected chi connectivity index (χ0v) is 15.7. The molecule has 0 radical (unpaired) electrons. The molecule has 0 spiro atoms. The number of carbonyl (C=O) groups excluding carboxylic acids is 2. The molecule has 2 aromatic rings. The fraction of sp³-hybridized carbons (Fsp3) is 0.263. The van der Waals surface area contributed by atoms with Crippen molar-refractivity contribution in [3.63, 3.8) is 0 Å². The number of nitrogens with zero attached hydrogens (tertiary/aromatic N) is 1. The molecular formula is C19H20BrN3O2. The van der Waals surface area contributed by atoms with Gasteiger partial charge in [-0.05, 0) is 29.7 Å². The third kappa shape index (κ3) is 3.85. The van der Waals surface area contributed by atoms with Crippen molar-refractivity contribution < 1.29 is 9.59 Å². The summed E-state index contributed by atoms with van der Waals surface area (Å²) in [6.45, 7) is 4.01. The minimum atomic E-state index is -0.305. The Morgan fingerprint density at radius 1 is 1.24 bits per heavy atom. The molecule has 0 saturated heterocycles. The Morgan fingerprint density at radius 2 is 1.96 bits per heavy atom. The van der Waals surface area contributed by atoms with Crippen molar-refractivity contribution in [2.75, 3.05) is 5.32 Å². The third-order valence-electron chi connectivity index (χ3n) is 4.10. The Balaban J connectivity index is 1.82. The summed E-state index contributed by atoms with van der Waals surface area (Å²) in [5, 5.41) is 4.75. The second-order valence-corrected chi connectivity index (χ2v) is 7.31. The van der Waals surface area contributed by atoms with Crippen LogP contribution in [-0.2, 0) is 11.2 Å². The van der Waals surface area contributed by atoms with Crippen molar-refractivity contribution in [3.05, 3.63) is 64.1 Å². The summed E-state index contributed by atoms with van der Waals surface area (Å²) in [6.07, 6.45) is -0.0817. The van der Waals surface area contributed by atoms with Gasteiger partial charge in [-0.2, -0.15) is 0 Å². The molecule has 3 rings (SSSR count). The van der Waals surface area contributed by atoms with Gasteiger partial charge in [0.25, 0.3) is 5.91 Å². The van der Waals surface area contributed by atoms with Gasteiger partial charge in [-0.3, -0.25) is 15.0 Å². The number of hydrazine groups is 1. The lowest BCUT2D eigenvalue weighted by Crippen LogP contribution is -2.59. The zero-order valence-electron chi connectivity index (χ0n) is 14.1. The summed E-state index contributed by atoms with van der Waals surface area (Å²) in [6, 6.07) is 15.0. The molecule has 1 unspecified atom stereocenters. The smallest absolute Gasteiger partial charge is 0.276 e. The average molecular weight is 402 g/mol. The monoisotopic (exact) mass is 401 g/mol. The van der Waals surface area contributed by atoms with E-state index in [9.17, 15) is 9.59 Å². The SMILES string of the molecule is CC(C)C1Nc2ccc(Br)cc2C(=O)N1NC(=O)Cc1ccccc1. The molecule has 2 amide bonds. The summed E-state index contributed by atoms with van der Waals surface area (Å²) < 4.78 is 0.819. The lowest BCUT2D eigenvalue weighted by molar-refractivity contribution is -0.125. The number of halogens is 1. The molecule has 0 aliphatic carbocycles. The van der Waals surface area contributed by atoms with E-state index >= 15 is 0 Å². The number of nitrogens with one attached hydrogen (secondary N) is 2. The van der Waals surface area contributed by atoms with Crippen molar-refractivity contribution in [1.29, 1.82) is 0 Å². The molecule has 2 aromatic carbocycles. The summed E-state index contributed by atoms with van der Waals surface area (Å²) in [5.41, 5.74) is 4.99. The molecule has 1 atom stereocenters. The largest absolute Gasteiger partial charge is 0.363 e. The van der Waals surface area contributed by atoms with E-state index in [-0.39, 0.29) is 30.3 Å². The van der Waals surface area contributed by atoms with E-state index in [0.29, 0.717) is 5.56 Å². The van der Waals surface area contributed by atoms with Crippen molar-refractivity contribution in [2.24, 2.45) is 5.92 Å². The van der Waals surface area contributed by atoms with Crippen LogP contribution in [0.2, 0.25) is 0 Å². The van der Waals surface area contributed by atoms with E-state index < -0.39 is 0 Å². The summed E-state index contributed by atoms with van der Waals surface area (Å²) in [5.74, 6) is -0.307. The van der Waals surface area contributed by atoms with Gasteiger partial charge in [0.15, 0.2) is 0 Å². The Bertz CT molecular complexity index is 793. The van der Waals surface area contributed by atoms with Gasteiger partial charge in [-0.15, -0.1) is 0 Å². The standard InChI is InChI=1S/C19H20BrN3O2/c1-12(2)18-21-16-9-8-14(20)11-15(16)19(25)23(18)22-17(24)10-13-6-4-3-5-7-13/h3-9,11-12,18,21H,10H2,1-2H3,(H,22,24). The maximum absolute atomic E-state index is 12.9. The lowest BCUT2D eigenvalue weighted by Gasteiger charge is -2.39. The van der Waals surface area contributed by atoms with Crippen LogP contribution < -0.4 is 10.7 Å². The summed E-state index contributed by atoms with van der Waals surface area (Å²) in [7, 11) is 0. The van der Waals surface area contributed by atoms with Crippen molar-refractivity contribution >= 4 is 33.4 Å². The van der Waals surface area contributed by atoms with Crippen LogP contribution in [0.1, 0.15) is 29.8 Å². The first kappa shape index (κ1) is 17.5. The van der Waals surface area contributed by atoms with Crippen molar-refractivity contribution in [1.82, 2.24) is 10.4 Å². The number of hydrogen-bond donors (Lipinski definition) is 2. The van der Waals surface area contributed by atoms with Crippen LogP contribution in [-0.4, -0.2) is 23.0 Å². The van der Waals surface area contributed by atoms with Crippen LogP contribution in [0.25, 0.3) is 0 Å². The molecule has 25 heavy (non-hydrogen) atoms. The van der Waals surface area contributed by atoms with Gasteiger partial charge in [-0.1, -0.05) is 60.1 Å². The highest BCUT2D eigenvalue weighted by Crippen LogP contribution is 2.29. The van der Waals surface area contributed by atoms with Crippen LogP contribution in [0.15, 0.2) is 53.0 Å². The van der Waals surface area contributed by atoms with E-state index in [2.05, 4.69) is 26.7 Å². The molecule has 1 aliphatic heterocycles. The number of hydrogen-bond acceptors (Lipinski definition) is 3. The third-order valence-corrected chi connectivity index (χ3v) is 4.59. The number of amides is 2. The first-order valence-electron chi connectivity index (χ1n) is 8.19. The highest BCUT2D eigenvalue weighted by Gasteiger charge is 2.35. The summed E-state index contributed by atoms with van der Waals surface area (Å²) >= 11 is 3.39. The molecule has 130 valence electrons. The highest BCUT2D eigenvalue weighted by atomic mass is 79.9. The maximum atomic E-state index is 12.9. The van der Waals surface area contributed by atoms with Crippen LogP contribution in [0.3, 0.4) is 0 Å². The van der Waals surface area contributed by atoms with Crippen molar-refractivity contribution in [3.8, 4) is 0 Å². The van der Waals surface area contributed by atoms with Gasteiger partial charge in [0.2, 0.25) is 5.91 Å². The predicted molar refractivity (Wildman–Crippen MR) is 101 cm³/mol. The van der Waals surface area contributed by atoms with Crippen LogP contribution in [0, 0.1) is 5.92 Å². The van der Waals surface area contributed by atoms with Crippen LogP contribution >= 0.6 is 15.9 Å². The van der Waals surface area contributed by atoms with Crippen LogP contribution in [0.4, 0.5) is 5.69 Å². The van der Waals surface area contributed by atoms with Gasteiger partial charge in [0.1, 0.15) is 6.17 Å². The number of fused-ring (bicyclic) bond motifs is 1. The minimum absolute atomic E-state index is 0.123. The molecular weight excluding hydrogens is 382 g/mol. The topological polar surface area (TPSA) is 61.4 Å². The van der Waals surface area contributed by atoms with E-state index in [1.807, 2.05) is 56.3 Å². The Morgan fingerprint density at radius 3 is 2.64 bits per heavy atom. The normalized spacial score (nSPS) is 16.4. The summed E-state index contributed by atoms with van der Waals surface area (Å²) in [4.78, 5) is 25.4. The Hall–Kier alpha value is -2.34. The van der Waals surface area contributed by atoms with E-state index in [1.165, 1.54) is 5.01 Å². The van der Waals surface area contributed by atoms with E-state index in [4.69, 9.17) is 0 Å². The van der Waals surface area contributed by atoms with E-state index in [0.717, 1.165) is 15.7 Å². The van der Waals surface area contributed by atoms with Gasteiger partial charge in [-0.25, -0.2) is 5.01 Å². The van der Waals surface area contributed by atoms with Gasteiger partial charge < -0.3 is 5.32 Å². The molecule has 0 fully saturated rings. The fourth-order valence-electron chi connectivity index (χ4n) is 2.84. The first-order chi connectivity index (χ1) is 12.0. The van der Waals surface area contributed by atoms with Gasteiger partial charge >= 0.3 is 0 Å². The molecule has 0 bridgehead atoms. The number of carbonyl (C=O) groups is 2. The zero-order chi connectivity index (χ0) is 18.0. The Kier molecular flexibility index (Phi) is 5.08. The lowest BCUT2D eigenvalue weighted by atomic mass is 10.0. The molecule has 5 nitrogen and oxygen atoms in total. The second kappa shape index (κ2) is 7.27. The first-order valence-corrected chi connectivity index (χ1v) is 8.98. The molecule has 0 aromatic heterocycles. The quantitative estimate of drug-likeness (QED) is 0.822. The molecule has 0 saturated carbocycles. The average Bonchev–Trinajstić information content (AvgIpc) is 2.58. The Labute approximate surface area is 155 Å². The second-order valence-electron chi connectivity index (χ2n) is 6.40. The molecule has 1 aliphatic rings. The van der Waals surface area contributed by atoms with E-state index in [1.54, 1.807) is 6.07 Å². The number of benzene rings is 2. The number of anilines is 1. The van der Waals surface area contributed by atoms with Gasteiger partial charge in [0, 0.05) is 10.2 Å². The molecule has 2 N–H and O–H groups in total. The van der Waals surface area contributed by atoms with Crippen LogP contribution in [0.5, 0.6) is 0 Å². The minimum Gasteiger partial charge on any atom is -0.363 e. The van der Waals surface area contributed by atoms with Gasteiger partial charge in [0.05, 0.1) is 12.0 Å². The number of rotatable bonds is 4. The fourth-order valence-corrected chi connectivity index (χ4v) is 3.20. The highest BCUT2D eigenvalue weighted by molar-refractivity contribution is 9.10. The molecule has 6 heteroatoms.